The van der Waals surface area contributed by atoms with Crippen LogP contribution in [0.2, 0.25) is 0 Å². The monoisotopic (exact) mass is 355 g/mol. The van der Waals surface area contributed by atoms with Crippen LogP contribution in [-0.4, -0.2) is 16.1 Å². The molecule has 3 aromatic carbocycles. The number of benzene rings is 3. The summed E-state index contributed by atoms with van der Waals surface area (Å²) in [4.78, 5) is 11.3. The zero-order chi connectivity index (χ0) is 19.0. The molecule has 0 saturated carbocycles. The molecule has 0 atom stereocenters. The average Bonchev–Trinajstić information content (AvgIpc) is 3.06. The van der Waals surface area contributed by atoms with Gasteiger partial charge in [0, 0.05) is 24.2 Å². The number of rotatable bonds is 3. The minimum absolute atomic E-state index is 0.0105. The van der Waals surface area contributed by atoms with Gasteiger partial charge in [-0.25, -0.2) is 4.39 Å². The molecule has 0 radical (unpaired) electrons. The summed E-state index contributed by atoms with van der Waals surface area (Å²) in [6.45, 7) is 0. The van der Waals surface area contributed by atoms with Gasteiger partial charge in [0.05, 0.1) is 11.1 Å². The highest BCUT2D eigenvalue weighted by atomic mass is 19.1. The lowest BCUT2D eigenvalue weighted by atomic mass is 9.92. The van der Waals surface area contributed by atoms with Gasteiger partial charge in [-0.2, -0.15) is 10.4 Å². The molecule has 0 fully saturated rings. The molecule has 0 aliphatic heterocycles. The molecular formula is C22H14FN3O. The number of aldehydes is 1. The van der Waals surface area contributed by atoms with E-state index in [1.165, 1.54) is 12.1 Å². The van der Waals surface area contributed by atoms with Crippen molar-refractivity contribution in [3.8, 4) is 28.3 Å². The normalized spacial score (nSPS) is 10.7. The topological polar surface area (TPSA) is 58.7 Å². The third-order valence-electron chi connectivity index (χ3n) is 4.51. The molecule has 27 heavy (non-hydrogen) atoms. The molecule has 0 N–H and O–H groups in total. The van der Waals surface area contributed by atoms with Crippen molar-refractivity contribution in [1.82, 2.24) is 9.78 Å². The van der Waals surface area contributed by atoms with Gasteiger partial charge in [0.15, 0.2) is 0 Å². The van der Waals surface area contributed by atoms with Crippen LogP contribution >= 0.6 is 0 Å². The highest BCUT2D eigenvalue weighted by molar-refractivity contribution is 5.92. The Hall–Kier alpha value is -3.78. The summed E-state index contributed by atoms with van der Waals surface area (Å²) in [7, 11) is 1.86. The van der Waals surface area contributed by atoms with Gasteiger partial charge in [0.25, 0.3) is 0 Å². The lowest BCUT2D eigenvalue weighted by Crippen LogP contribution is -1.91. The second-order valence-corrected chi connectivity index (χ2v) is 6.31. The van der Waals surface area contributed by atoms with E-state index in [-0.39, 0.29) is 5.56 Å². The van der Waals surface area contributed by atoms with Crippen LogP contribution in [0.4, 0.5) is 4.39 Å². The number of carbonyl (C=O) groups excluding carboxylic acids is 1. The van der Waals surface area contributed by atoms with Crippen molar-refractivity contribution in [3.05, 3.63) is 77.7 Å². The van der Waals surface area contributed by atoms with Gasteiger partial charge in [-0.3, -0.25) is 9.48 Å². The largest absolute Gasteiger partial charge is 0.298 e. The fraction of sp³-hybridized carbons (Fsp3) is 0.0455. The molecule has 130 valence electrons. The fourth-order valence-electron chi connectivity index (χ4n) is 3.22. The van der Waals surface area contributed by atoms with Crippen molar-refractivity contribution in [2.75, 3.05) is 0 Å². The lowest BCUT2D eigenvalue weighted by molar-refractivity contribution is 0.112. The van der Waals surface area contributed by atoms with Crippen LogP contribution in [0.3, 0.4) is 0 Å². The second-order valence-electron chi connectivity index (χ2n) is 6.31. The fourth-order valence-corrected chi connectivity index (χ4v) is 3.22. The first-order valence-corrected chi connectivity index (χ1v) is 8.32. The van der Waals surface area contributed by atoms with Gasteiger partial charge >= 0.3 is 0 Å². The third kappa shape index (κ3) is 2.98. The first kappa shape index (κ1) is 16.7. The molecule has 4 nitrogen and oxygen atoms in total. The molecule has 0 bridgehead atoms. The summed E-state index contributed by atoms with van der Waals surface area (Å²) in [5.74, 6) is -0.583. The van der Waals surface area contributed by atoms with Gasteiger partial charge < -0.3 is 0 Å². The summed E-state index contributed by atoms with van der Waals surface area (Å²) >= 11 is 0. The minimum atomic E-state index is -0.583. The predicted octanol–water partition coefficient (Wildman–Crippen LogP) is 4.73. The number of fused-ring (bicyclic) bond motifs is 1. The number of aromatic nitrogens is 2. The van der Waals surface area contributed by atoms with E-state index in [0.717, 1.165) is 33.9 Å². The maximum atomic E-state index is 14.2. The van der Waals surface area contributed by atoms with E-state index in [4.69, 9.17) is 5.26 Å². The number of aryl methyl sites for hydroxylation is 1. The lowest BCUT2D eigenvalue weighted by Gasteiger charge is -2.12. The van der Waals surface area contributed by atoms with E-state index in [1.807, 2.05) is 43.6 Å². The van der Waals surface area contributed by atoms with E-state index in [2.05, 4.69) is 5.10 Å². The van der Waals surface area contributed by atoms with Crippen molar-refractivity contribution in [2.45, 2.75) is 0 Å². The number of nitrogens with zero attached hydrogens (tertiary/aromatic N) is 3. The Morgan fingerprint density at radius 2 is 1.81 bits per heavy atom. The summed E-state index contributed by atoms with van der Waals surface area (Å²) in [5.41, 5.74) is 4.52. The van der Waals surface area contributed by atoms with Gasteiger partial charge in [0.2, 0.25) is 0 Å². The molecule has 4 aromatic rings. The predicted molar refractivity (Wildman–Crippen MR) is 102 cm³/mol. The van der Waals surface area contributed by atoms with E-state index < -0.39 is 5.82 Å². The number of halogens is 1. The number of hydrogen-bond acceptors (Lipinski definition) is 3. The number of nitriles is 1. The van der Waals surface area contributed by atoms with Crippen LogP contribution < -0.4 is 0 Å². The Morgan fingerprint density at radius 1 is 1.04 bits per heavy atom. The maximum Gasteiger partial charge on any atom is 0.150 e. The summed E-state index contributed by atoms with van der Waals surface area (Å²) in [6, 6.07) is 17.5. The first-order valence-electron chi connectivity index (χ1n) is 8.32. The summed E-state index contributed by atoms with van der Waals surface area (Å²) in [5, 5.41) is 14.3. The SMILES string of the molecule is Cn1cc2cc(-c3ccc(C=O)cc3-c3ccc(C#N)c(F)c3)ccc2n1. The summed E-state index contributed by atoms with van der Waals surface area (Å²) in [6.07, 6.45) is 2.69. The van der Waals surface area contributed by atoms with Crippen molar-refractivity contribution >= 4 is 17.2 Å². The Kier molecular flexibility index (Phi) is 4.02. The molecular weight excluding hydrogens is 341 g/mol. The van der Waals surface area contributed by atoms with Crippen molar-refractivity contribution < 1.29 is 9.18 Å². The third-order valence-corrected chi connectivity index (χ3v) is 4.51. The first-order chi connectivity index (χ1) is 13.1. The molecule has 4 rings (SSSR count). The van der Waals surface area contributed by atoms with Gasteiger partial charge in [-0.05, 0) is 52.6 Å². The van der Waals surface area contributed by atoms with Crippen molar-refractivity contribution in [1.29, 1.82) is 5.26 Å². The van der Waals surface area contributed by atoms with Crippen molar-refractivity contribution in [3.63, 3.8) is 0 Å². The Balaban J connectivity index is 1.93. The van der Waals surface area contributed by atoms with Crippen LogP contribution in [0.15, 0.2) is 60.8 Å². The van der Waals surface area contributed by atoms with Crippen LogP contribution in [0.1, 0.15) is 15.9 Å². The molecule has 0 aliphatic rings. The molecule has 5 heteroatoms. The van der Waals surface area contributed by atoms with E-state index >= 15 is 0 Å². The second kappa shape index (κ2) is 6.50. The van der Waals surface area contributed by atoms with Gasteiger partial charge in [-0.15, -0.1) is 0 Å². The minimum Gasteiger partial charge on any atom is -0.298 e. The Bertz CT molecular complexity index is 1230. The standard InChI is InChI=1S/C22H14FN3O/c1-26-12-18-9-15(5-7-22(18)25-26)19-6-2-14(13-27)8-20(19)16-3-4-17(11-24)21(23)10-16/h2-10,12-13H,1H3. The number of carbonyl (C=O) groups is 1. The summed E-state index contributed by atoms with van der Waals surface area (Å²) < 4.78 is 15.9. The molecule has 0 amide bonds. The highest BCUT2D eigenvalue weighted by Crippen LogP contribution is 2.34. The molecule has 1 aromatic heterocycles. The van der Waals surface area contributed by atoms with Crippen LogP contribution in [0.5, 0.6) is 0 Å². The van der Waals surface area contributed by atoms with E-state index in [9.17, 15) is 9.18 Å². The quantitative estimate of drug-likeness (QED) is 0.499. The maximum absolute atomic E-state index is 14.2. The van der Waals surface area contributed by atoms with Crippen LogP contribution in [-0.2, 0) is 7.05 Å². The highest BCUT2D eigenvalue weighted by Gasteiger charge is 2.12. The molecule has 0 aliphatic carbocycles. The zero-order valence-corrected chi connectivity index (χ0v) is 14.5. The molecule has 0 unspecified atom stereocenters. The molecule has 1 heterocycles. The van der Waals surface area contributed by atoms with Gasteiger partial charge in [-0.1, -0.05) is 24.3 Å². The van der Waals surface area contributed by atoms with Gasteiger partial charge in [0.1, 0.15) is 18.2 Å². The molecule has 0 spiro atoms. The van der Waals surface area contributed by atoms with Crippen LogP contribution in [0.25, 0.3) is 33.2 Å². The average molecular weight is 355 g/mol. The van der Waals surface area contributed by atoms with Crippen molar-refractivity contribution in [2.24, 2.45) is 7.05 Å². The smallest absolute Gasteiger partial charge is 0.150 e. The number of hydrogen-bond donors (Lipinski definition) is 0. The van der Waals surface area contributed by atoms with E-state index in [0.29, 0.717) is 11.1 Å². The molecule has 0 saturated heterocycles. The Morgan fingerprint density at radius 3 is 2.56 bits per heavy atom. The Labute approximate surface area is 155 Å². The zero-order valence-electron chi connectivity index (χ0n) is 14.5. The van der Waals surface area contributed by atoms with E-state index in [1.54, 1.807) is 22.9 Å². The van der Waals surface area contributed by atoms with Crippen LogP contribution in [0, 0.1) is 17.1 Å².